The number of amides is 1. The van der Waals surface area contributed by atoms with Gasteiger partial charge in [-0.15, -0.1) is 0 Å². The van der Waals surface area contributed by atoms with Crippen molar-refractivity contribution in [1.82, 2.24) is 14.7 Å². The molecule has 8 heteroatoms. The van der Waals surface area contributed by atoms with Crippen LogP contribution < -0.4 is 0 Å². The first kappa shape index (κ1) is 19.5. The number of nitrogens with zero attached hydrogens (tertiary/aromatic N) is 3. The van der Waals surface area contributed by atoms with Crippen LogP contribution in [0.3, 0.4) is 0 Å². The molecular weight excluding hydrogens is 379 g/mol. The summed E-state index contributed by atoms with van der Waals surface area (Å²) in [5, 5.41) is 3.99. The number of carbonyl (C=O) groups is 1. The Bertz CT molecular complexity index is 892. The van der Waals surface area contributed by atoms with Crippen molar-refractivity contribution in [2.45, 2.75) is 38.3 Å². The van der Waals surface area contributed by atoms with Gasteiger partial charge in [-0.3, -0.25) is 4.79 Å². The largest absolute Gasteiger partial charge is 0.329 e. The molecule has 0 bridgehead atoms. The standard InChI is InChI=1S/C19H19ClF3N3O/c1-10(12-5-4-6-13(20)9-12)11(2)26(14-7-8-14)19(27)15-16(17(21)22)24-25(3)18(15)23/h4-6,9,11,14,17H,1,7-8H2,2-3H3. The summed E-state index contributed by atoms with van der Waals surface area (Å²) in [6.07, 6.45) is -1.59. The number of carbonyl (C=O) groups excluding carboxylic acids is 1. The maximum Gasteiger partial charge on any atom is 0.283 e. The summed E-state index contributed by atoms with van der Waals surface area (Å²) < 4.78 is 41.6. The van der Waals surface area contributed by atoms with Gasteiger partial charge in [-0.25, -0.2) is 13.5 Å². The van der Waals surface area contributed by atoms with Crippen LogP contribution in [0.4, 0.5) is 13.2 Å². The highest BCUT2D eigenvalue weighted by atomic mass is 35.5. The number of hydrogen-bond donors (Lipinski definition) is 0. The molecule has 1 fully saturated rings. The number of benzene rings is 1. The van der Waals surface area contributed by atoms with Crippen LogP contribution >= 0.6 is 11.6 Å². The molecule has 1 aliphatic rings. The van der Waals surface area contributed by atoms with Crippen molar-refractivity contribution in [3.63, 3.8) is 0 Å². The van der Waals surface area contributed by atoms with E-state index in [0.29, 0.717) is 15.3 Å². The molecule has 144 valence electrons. The van der Waals surface area contributed by atoms with Gasteiger partial charge in [-0.05, 0) is 43.0 Å². The minimum atomic E-state index is -3.05. The quantitative estimate of drug-likeness (QED) is 0.698. The summed E-state index contributed by atoms with van der Waals surface area (Å²) in [7, 11) is 1.19. The molecule has 27 heavy (non-hydrogen) atoms. The van der Waals surface area contributed by atoms with Crippen molar-refractivity contribution >= 4 is 23.1 Å². The second-order valence-corrected chi connectivity index (χ2v) is 7.07. The van der Waals surface area contributed by atoms with Crippen LogP contribution in [0.15, 0.2) is 30.8 Å². The Kier molecular flexibility index (Phi) is 5.33. The Hall–Kier alpha value is -2.28. The van der Waals surface area contributed by atoms with E-state index in [1.54, 1.807) is 31.2 Å². The smallest absolute Gasteiger partial charge is 0.283 e. The van der Waals surface area contributed by atoms with Gasteiger partial charge in [-0.2, -0.15) is 9.49 Å². The third kappa shape index (κ3) is 3.74. The molecule has 1 heterocycles. The van der Waals surface area contributed by atoms with Crippen molar-refractivity contribution in [3.05, 3.63) is 58.6 Å². The lowest BCUT2D eigenvalue weighted by Gasteiger charge is -2.31. The number of alkyl halides is 2. The number of hydrogen-bond acceptors (Lipinski definition) is 2. The Morgan fingerprint density at radius 1 is 1.41 bits per heavy atom. The molecule has 1 amide bonds. The second-order valence-electron chi connectivity index (χ2n) is 6.63. The highest BCUT2D eigenvalue weighted by Crippen LogP contribution is 2.36. The zero-order valence-electron chi connectivity index (χ0n) is 14.9. The van der Waals surface area contributed by atoms with Gasteiger partial charge in [0.2, 0.25) is 5.95 Å². The van der Waals surface area contributed by atoms with Crippen LogP contribution in [-0.2, 0) is 7.05 Å². The van der Waals surface area contributed by atoms with Crippen LogP contribution in [0, 0.1) is 5.95 Å². The molecule has 1 atom stereocenters. The number of halogens is 4. The Balaban J connectivity index is 1.97. The van der Waals surface area contributed by atoms with Gasteiger partial charge in [0.1, 0.15) is 11.3 Å². The fraction of sp³-hybridized carbons (Fsp3) is 0.368. The zero-order chi connectivity index (χ0) is 19.9. The molecule has 1 aliphatic carbocycles. The first-order valence-corrected chi connectivity index (χ1v) is 8.88. The lowest BCUT2D eigenvalue weighted by molar-refractivity contribution is 0.0698. The van der Waals surface area contributed by atoms with E-state index >= 15 is 0 Å². The summed E-state index contributed by atoms with van der Waals surface area (Å²) in [4.78, 5) is 14.5. The van der Waals surface area contributed by atoms with E-state index in [-0.39, 0.29) is 6.04 Å². The molecule has 3 rings (SSSR count). The van der Waals surface area contributed by atoms with Gasteiger partial charge >= 0.3 is 0 Å². The van der Waals surface area contributed by atoms with E-state index in [2.05, 4.69) is 11.7 Å². The average Bonchev–Trinajstić information content (AvgIpc) is 3.40. The van der Waals surface area contributed by atoms with Crippen molar-refractivity contribution in [2.24, 2.45) is 7.05 Å². The van der Waals surface area contributed by atoms with Gasteiger partial charge in [0.25, 0.3) is 12.3 Å². The minimum Gasteiger partial charge on any atom is -0.329 e. The molecule has 0 aliphatic heterocycles. The van der Waals surface area contributed by atoms with E-state index in [4.69, 9.17) is 11.6 Å². The average molecular weight is 398 g/mol. The molecule has 0 spiro atoms. The maximum absolute atomic E-state index is 14.4. The minimum absolute atomic E-state index is 0.145. The van der Waals surface area contributed by atoms with Crippen LogP contribution in [0.5, 0.6) is 0 Å². The van der Waals surface area contributed by atoms with Crippen LogP contribution in [-0.4, -0.2) is 32.7 Å². The monoisotopic (exact) mass is 397 g/mol. The molecule has 1 unspecified atom stereocenters. The Morgan fingerprint density at radius 2 is 2.07 bits per heavy atom. The predicted octanol–water partition coefficient (Wildman–Crippen LogP) is 4.86. The van der Waals surface area contributed by atoms with Gasteiger partial charge in [0.15, 0.2) is 0 Å². The Labute approximate surface area is 160 Å². The maximum atomic E-state index is 14.4. The lowest BCUT2D eigenvalue weighted by Crippen LogP contribution is -2.41. The molecule has 4 nitrogen and oxygen atoms in total. The molecular formula is C19H19ClF3N3O. The van der Waals surface area contributed by atoms with Gasteiger partial charge in [0, 0.05) is 18.1 Å². The topological polar surface area (TPSA) is 38.1 Å². The normalized spacial score (nSPS) is 15.1. The van der Waals surface area contributed by atoms with E-state index in [1.807, 2.05) is 0 Å². The predicted molar refractivity (Wildman–Crippen MR) is 97.3 cm³/mol. The highest BCUT2D eigenvalue weighted by Gasteiger charge is 2.41. The number of aromatic nitrogens is 2. The molecule has 1 aromatic heterocycles. The number of aryl methyl sites for hydroxylation is 1. The molecule has 0 N–H and O–H groups in total. The van der Waals surface area contributed by atoms with Crippen molar-refractivity contribution in [3.8, 4) is 0 Å². The van der Waals surface area contributed by atoms with E-state index in [0.717, 1.165) is 18.4 Å². The zero-order valence-corrected chi connectivity index (χ0v) is 15.7. The third-order valence-electron chi connectivity index (χ3n) is 4.72. The van der Waals surface area contributed by atoms with Gasteiger partial charge in [-0.1, -0.05) is 30.3 Å². The highest BCUT2D eigenvalue weighted by molar-refractivity contribution is 6.30. The van der Waals surface area contributed by atoms with Gasteiger partial charge in [0.05, 0.1) is 6.04 Å². The summed E-state index contributed by atoms with van der Waals surface area (Å²) in [5.41, 5.74) is -0.189. The summed E-state index contributed by atoms with van der Waals surface area (Å²) in [5.74, 6) is -1.87. The van der Waals surface area contributed by atoms with E-state index in [9.17, 15) is 18.0 Å². The molecule has 2 aromatic rings. The summed E-state index contributed by atoms with van der Waals surface area (Å²) in [6, 6.07) is 6.32. The summed E-state index contributed by atoms with van der Waals surface area (Å²) in [6.45, 7) is 5.79. The molecule has 1 saturated carbocycles. The van der Waals surface area contributed by atoms with Crippen LogP contribution in [0.2, 0.25) is 5.02 Å². The fourth-order valence-corrected chi connectivity index (χ4v) is 3.30. The third-order valence-corrected chi connectivity index (χ3v) is 4.95. The van der Waals surface area contributed by atoms with E-state index in [1.165, 1.54) is 11.9 Å². The van der Waals surface area contributed by atoms with E-state index < -0.39 is 35.6 Å². The molecule has 0 radical (unpaired) electrons. The summed E-state index contributed by atoms with van der Waals surface area (Å²) >= 11 is 6.02. The first-order chi connectivity index (χ1) is 12.7. The lowest BCUT2D eigenvalue weighted by atomic mass is 9.99. The van der Waals surface area contributed by atoms with Crippen LogP contribution in [0.25, 0.3) is 5.57 Å². The number of rotatable bonds is 6. The SMILES string of the molecule is C=C(c1cccc(Cl)c1)C(C)N(C(=O)c1c(C(F)F)nn(C)c1F)C1CC1. The first-order valence-electron chi connectivity index (χ1n) is 8.50. The fourth-order valence-electron chi connectivity index (χ4n) is 3.11. The molecule has 1 aromatic carbocycles. The molecule has 0 saturated heterocycles. The van der Waals surface area contributed by atoms with Crippen molar-refractivity contribution < 1.29 is 18.0 Å². The van der Waals surface area contributed by atoms with Gasteiger partial charge < -0.3 is 4.90 Å². The van der Waals surface area contributed by atoms with Crippen molar-refractivity contribution in [1.29, 1.82) is 0 Å². The Morgan fingerprint density at radius 3 is 2.63 bits per heavy atom. The van der Waals surface area contributed by atoms with Crippen molar-refractivity contribution in [2.75, 3.05) is 0 Å². The van der Waals surface area contributed by atoms with Crippen LogP contribution in [0.1, 0.15) is 47.8 Å². The second kappa shape index (κ2) is 7.38.